The number of thiazole rings is 1. The number of rotatable bonds is 6. The molecule has 0 aliphatic carbocycles. The number of anilines is 1. The Labute approximate surface area is 184 Å². The predicted molar refractivity (Wildman–Crippen MR) is 121 cm³/mol. The molecule has 1 amide bonds. The lowest BCUT2D eigenvalue weighted by Crippen LogP contribution is -2.11. The Balaban J connectivity index is 1.40. The fourth-order valence-corrected chi connectivity index (χ4v) is 4.01. The third-order valence-corrected chi connectivity index (χ3v) is 6.21. The Morgan fingerprint density at radius 2 is 1.94 bits per heavy atom. The SMILES string of the molecule is Cc1noc(C)c1COc1ccc(C(=O)Nc2nc(-c3cc(C)n(C)c3C)cs2)cc1. The number of benzene rings is 1. The van der Waals surface area contributed by atoms with Crippen LogP contribution in [-0.2, 0) is 13.7 Å². The Bertz CT molecular complexity index is 1210. The first-order chi connectivity index (χ1) is 14.8. The average Bonchev–Trinajstić information content (AvgIpc) is 3.42. The van der Waals surface area contributed by atoms with Crippen molar-refractivity contribution in [2.24, 2.45) is 7.05 Å². The molecule has 0 radical (unpaired) electrons. The summed E-state index contributed by atoms with van der Waals surface area (Å²) in [7, 11) is 2.03. The van der Waals surface area contributed by atoms with Gasteiger partial charge in [0.05, 0.1) is 17.0 Å². The van der Waals surface area contributed by atoms with Crippen molar-refractivity contribution in [2.45, 2.75) is 34.3 Å². The molecule has 8 heteroatoms. The zero-order valence-corrected chi connectivity index (χ0v) is 19.0. The number of ether oxygens (including phenoxy) is 1. The normalized spacial score (nSPS) is 11.0. The largest absolute Gasteiger partial charge is 0.489 e. The molecule has 0 aliphatic heterocycles. The van der Waals surface area contributed by atoms with E-state index < -0.39 is 0 Å². The highest BCUT2D eigenvalue weighted by Gasteiger charge is 2.14. The molecular weight excluding hydrogens is 412 g/mol. The highest BCUT2D eigenvalue weighted by Crippen LogP contribution is 2.29. The van der Waals surface area contributed by atoms with Crippen LogP contribution in [0.2, 0.25) is 0 Å². The summed E-state index contributed by atoms with van der Waals surface area (Å²) in [4.78, 5) is 17.2. The molecule has 0 fully saturated rings. The quantitative estimate of drug-likeness (QED) is 0.449. The summed E-state index contributed by atoms with van der Waals surface area (Å²) in [6.45, 7) is 8.24. The number of nitrogens with zero attached hydrogens (tertiary/aromatic N) is 3. The van der Waals surface area contributed by atoms with E-state index in [1.807, 2.05) is 26.3 Å². The van der Waals surface area contributed by atoms with Gasteiger partial charge in [0.25, 0.3) is 5.91 Å². The van der Waals surface area contributed by atoms with E-state index in [-0.39, 0.29) is 5.91 Å². The monoisotopic (exact) mass is 436 g/mol. The van der Waals surface area contributed by atoms with Crippen molar-refractivity contribution in [3.8, 4) is 17.0 Å². The molecular formula is C23H24N4O3S. The van der Waals surface area contributed by atoms with Crippen molar-refractivity contribution < 1.29 is 14.1 Å². The van der Waals surface area contributed by atoms with Gasteiger partial charge in [-0.15, -0.1) is 11.3 Å². The number of hydrogen-bond donors (Lipinski definition) is 1. The number of aryl methyl sites for hydroxylation is 3. The minimum atomic E-state index is -0.209. The molecule has 0 unspecified atom stereocenters. The van der Waals surface area contributed by atoms with E-state index in [0.29, 0.717) is 23.1 Å². The van der Waals surface area contributed by atoms with E-state index in [4.69, 9.17) is 9.26 Å². The topological polar surface area (TPSA) is 82.2 Å². The third-order valence-electron chi connectivity index (χ3n) is 5.46. The number of hydrogen-bond acceptors (Lipinski definition) is 6. The van der Waals surface area contributed by atoms with Crippen LogP contribution < -0.4 is 10.1 Å². The van der Waals surface area contributed by atoms with Gasteiger partial charge in [-0.2, -0.15) is 0 Å². The van der Waals surface area contributed by atoms with Gasteiger partial charge in [-0.05, 0) is 58.0 Å². The number of carbonyl (C=O) groups excluding carboxylic acids is 1. The first kappa shape index (κ1) is 20.9. The summed E-state index contributed by atoms with van der Waals surface area (Å²) in [6, 6.07) is 9.12. The zero-order valence-electron chi connectivity index (χ0n) is 18.1. The molecule has 4 rings (SSSR count). The van der Waals surface area contributed by atoms with Crippen LogP contribution in [0.15, 0.2) is 40.2 Å². The van der Waals surface area contributed by atoms with Gasteiger partial charge in [0.1, 0.15) is 18.1 Å². The van der Waals surface area contributed by atoms with Crippen molar-refractivity contribution in [2.75, 3.05) is 5.32 Å². The molecule has 7 nitrogen and oxygen atoms in total. The van der Waals surface area contributed by atoms with Gasteiger partial charge in [-0.25, -0.2) is 4.98 Å². The van der Waals surface area contributed by atoms with Crippen molar-refractivity contribution in [1.82, 2.24) is 14.7 Å². The Hall–Kier alpha value is -3.39. The summed E-state index contributed by atoms with van der Waals surface area (Å²) < 4.78 is 13.1. The molecule has 1 aromatic carbocycles. The summed E-state index contributed by atoms with van der Waals surface area (Å²) in [5.74, 6) is 1.21. The van der Waals surface area contributed by atoms with Crippen LogP contribution in [0.5, 0.6) is 5.75 Å². The molecule has 0 bridgehead atoms. The Morgan fingerprint density at radius 1 is 1.19 bits per heavy atom. The summed E-state index contributed by atoms with van der Waals surface area (Å²) in [5, 5.41) is 9.33. The predicted octanol–water partition coefficient (Wildman–Crippen LogP) is 5.20. The maximum Gasteiger partial charge on any atom is 0.257 e. The molecule has 31 heavy (non-hydrogen) atoms. The molecule has 0 spiro atoms. The number of amides is 1. The first-order valence-electron chi connectivity index (χ1n) is 9.88. The fourth-order valence-electron chi connectivity index (χ4n) is 3.30. The molecule has 0 saturated heterocycles. The maximum absolute atomic E-state index is 12.6. The number of aromatic nitrogens is 3. The highest BCUT2D eigenvalue weighted by atomic mass is 32.1. The minimum Gasteiger partial charge on any atom is -0.489 e. The second-order valence-corrected chi connectivity index (χ2v) is 8.31. The van der Waals surface area contributed by atoms with Gasteiger partial charge in [-0.3, -0.25) is 10.1 Å². The van der Waals surface area contributed by atoms with Crippen molar-refractivity contribution in [1.29, 1.82) is 0 Å². The van der Waals surface area contributed by atoms with Crippen molar-refractivity contribution in [3.63, 3.8) is 0 Å². The van der Waals surface area contributed by atoms with Crippen LogP contribution in [-0.4, -0.2) is 20.6 Å². The maximum atomic E-state index is 12.6. The lowest BCUT2D eigenvalue weighted by Gasteiger charge is -2.07. The second-order valence-electron chi connectivity index (χ2n) is 7.45. The molecule has 0 aliphatic rings. The lowest BCUT2D eigenvalue weighted by atomic mass is 10.2. The average molecular weight is 437 g/mol. The molecule has 0 atom stereocenters. The lowest BCUT2D eigenvalue weighted by molar-refractivity contribution is 0.102. The molecule has 0 saturated carbocycles. The van der Waals surface area contributed by atoms with Crippen LogP contribution >= 0.6 is 11.3 Å². The fraction of sp³-hybridized carbons (Fsp3) is 0.261. The van der Waals surface area contributed by atoms with Crippen LogP contribution in [0, 0.1) is 27.7 Å². The van der Waals surface area contributed by atoms with Gasteiger partial charge < -0.3 is 13.8 Å². The molecule has 1 N–H and O–H groups in total. The van der Waals surface area contributed by atoms with E-state index in [2.05, 4.69) is 39.9 Å². The van der Waals surface area contributed by atoms with Crippen molar-refractivity contribution in [3.05, 3.63) is 69.7 Å². The van der Waals surface area contributed by atoms with Crippen LogP contribution in [0.1, 0.15) is 38.8 Å². The van der Waals surface area contributed by atoms with Crippen molar-refractivity contribution >= 4 is 22.4 Å². The second kappa shape index (κ2) is 8.39. The third kappa shape index (κ3) is 4.25. The van der Waals surface area contributed by atoms with E-state index >= 15 is 0 Å². The smallest absolute Gasteiger partial charge is 0.257 e. The first-order valence-corrected chi connectivity index (χ1v) is 10.8. The Kier molecular flexibility index (Phi) is 5.65. The van der Waals surface area contributed by atoms with Crippen LogP contribution in [0.3, 0.4) is 0 Å². The number of carbonyl (C=O) groups is 1. The van der Waals surface area contributed by atoms with E-state index in [1.54, 1.807) is 24.3 Å². The molecule has 3 aromatic heterocycles. The molecule has 3 heterocycles. The van der Waals surface area contributed by atoms with Crippen LogP contribution in [0.4, 0.5) is 5.13 Å². The summed E-state index contributed by atoms with van der Waals surface area (Å²) in [6.07, 6.45) is 0. The van der Waals surface area contributed by atoms with E-state index in [9.17, 15) is 4.79 Å². The summed E-state index contributed by atoms with van der Waals surface area (Å²) in [5.41, 5.74) is 6.55. The van der Waals surface area contributed by atoms with E-state index in [1.165, 1.54) is 17.0 Å². The Morgan fingerprint density at radius 3 is 2.55 bits per heavy atom. The highest BCUT2D eigenvalue weighted by molar-refractivity contribution is 7.14. The van der Waals surface area contributed by atoms with Gasteiger partial charge >= 0.3 is 0 Å². The standard InChI is InChI=1S/C23H24N4O3S/c1-13-10-19(15(3)27(13)5)21-12-31-23(24-21)25-22(28)17-6-8-18(9-7-17)29-11-20-14(2)26-30-16(20)4/h6-10,12H,11H2,1-5H3,(H,24,25,28). The van der Waals surface area contributed by atoms with Gasteiger partial charge in [0.2, 0.25) is 0 Å². The molecule has 4 aromatic rings. The number of nitrogens with one attached hydrogen (secondary N) is 1. The van der Waals surface area contributed by atoms with Gasteiger partial charge in [-0.1, -0.05) is 5.16 Å². The summed E-state index contributed by atoms with van der Waals surface area (Å²) >= 11 is 1.41. The van der Waals surface area contributed by atoms with Gasteiger partial charge in [0.15, 0.2) is 5.13 Å². The zero-order chi connectivity index (χ0) is 22.1. The molecule has 160 valence electrons. The van der Waals surface area contributed by atoms with Crippen LogP contribution in [0.25, 0.3) is 11.3 Å². The van der Waals surface area contributed by atoms with Gasteiger partial charge in [0, 0.05) is 34.9 Å². The minimum absolute atomic E-state index is 0.209. The van der Waals surface area contributed by atoms with E-state index in [0.717, 1.165) is 34.0 Å².